The van der Waals surface area contributed by atoms with E-state index in [2.05, 4.69) is 15.6 Å². The van der Waals surface area contributed by atoms with Crippen LogP contribution >= 0.6 is 0 Å². The summed E-state index contributed by atoms with van der Waals surface area (Å²) in [5.41, 5.74) is 1.79. The number of benzene rings is 1. The Balaban J connectivity index is 1.97. The van der Waals surface area contributed by atoms with Crippen molar-refractivity contribution in [2.24, 2.45) is 0 Å². The summed E-state index contributed by atoms with van der Waals surface area (Å²) in [5, 5.41) is 7.93. The number of aromatic nitrogens is 1. The number of nitrogens with one attached hydrogen (secondary N) is 3. The van der Waals surface area contributed by atoms with E-state index in [0.717, 1.165) is 42.5 Å². The first-order valence-corrected chi connectivity index (χ1v) is 6.42. The molecule has 18 heavy (non-hydrogen) atoms. The van der Waals surface area contributed by atoms with Crippen molar-refractivity contribution in [1.82, 2.24) is 10.3 Å². The molecule has 1 saturated heterocycles. The molecular formula is C14H17N3O. The Morgan fingerprint density at radius 3 is 2.78 bits per heavy atom. The fraction of sp³-hybridized carbons (Fsp3) is 0.357. The van der Waals surface area contributed by atoms with Gasteiger partial charge in [-0.3, -0.25) is 4.79 Å². The van der Waals surface area contributed by atoms with E-state index >= 15 is 0 Å². The minimum atomic E-state index is -0.0508. The number of H-pyrrole nitrogens is 1. The molecule has 94 valence electrons. The molecule has 0 atom stereocenters. The number of anilines is 1. The third-order valence-electron chi connectivity index (χ3n) is 3.45. The monoisotopic (exact) mass is 243 g/mol. The Kier molecular flexibility index (Phi) is 3.02. The first-order valence-electron chi connectivity index (χ1n) is 6.42. The molecule has 0 radical (unpaired) electrons. The van der Waals surface area contributed by atoms with Crippen LogP contribution < -0.4 is 16.2 Å². The zero-order valence-electron chi connectivity index (χ0n) is 10.2. The van der Waals surface area contributed by atoms with E-state index in [9.17, 15) is 4.79 Å². The number of rotatable bonds is 2. The molecule has 1 aromatic carbocycles. The van der Waals surface area contributed by atoms with Gasteiger partial charge in [-0.25, -0.2) is 0 Å². The molecule has 0 amide bonds. The van der Waals surface area contributed by atoms with Gasteiger partial charge in [0.15, 0.2) is 0 Å². The van der Waals surface area contributed by atoms with Gasteiger partial charge in [0, 0.05) is 23.2 Å². The van der Waals surface area contributed by atoms with Crippen LogP contribution in [0, 0.1) is 0 Å². The lowest BCUT2D eigenvalue weighted by molar-refractivity contribution is 0.479. The zero-order chi connectivity index (χ0) is 12.4. The van der Waals surface area contributed by atoms with Crippen molar-refractivity contribution in [1.29, 1.82) is 0 Å². The molecule has 1 aromatic heterocycles. The second kappa shape index (κ2) is 4.82. The van der Waals surface area contributed by atoms with Crippen LogP contribution in [0.25, 0.3) is 10.9 Å². The molecule has 0 bridgehead atoms. The predicted molar refractivity (Wildman–Crippen MR) is 74.1 cm³/mol. The topological polar surface area (TPSA) is 56.9 Å². The van der Waals surface area contributed by atoms with E-state index in [1.54, 1.807) is 6.07 Å². The van der Waals surface area contributed by atoms with Crippen molar-refractivity contribution in [3.8, 4) is 0 Å². The van der Waals surface area contributed by atoms with Crippen LogP contribution in [0.15, 0.2) is 35.1 Å². The molecule has 3 rings (SSSR count). The average Bonchev–Trinajstić information content (AvgIpc) is 2.40. The number of aromatic amines is 1. The van der Waals surface area contributed by atoms with Crippen molar-refractivity contribution in [2.75, 3.05) is 18.4 Å². The van der Waals surface area contributed by atoms with Crippen LogP contribution in [0.2, 0.25) is 0 Å². The van der Waals surface area contributed by atoms with Gasteiger partial charge in [-0.05, 0) is 32.0 Å². The van der Waals surface area contributed by atoms with E-state index in [1.807, 2.05) is 24.3 Å². The number of para-hydroxylation sites is 1. The molecule has 0 saturated carbocycles. The summed E-state index contributed by atoms with van der Waals surface area (Å²) in [5.74, 6) is 0. The Bertz CT molecular complexity index is 599. The summed E-state index contributed by atoms with van der Waals surface area (Å²) in [7, 11) is 0. The van der Waals surface area contributed by atoms with E-state index < -0.39 is 0 Å². The maximum Gasteiger partial charge on any atom is 0.250 e. The van der Waals surface area contributed by atoms with Crippen molar-refractivity contribution in [2.45, 2.75) is 18.9 Å². The lowest BCUT2D eigenvalue weighted by Gasteiger charge is -2.25. The van der Waals surface area contributed by atoms with Crippen LogP contribution in [-0.2, 0) is 0 Å². The van der Waals surface area contributed by atoms with E-state index in [4.69, 9.17) is 0 Å². The van der Waals surface area contributed by atoms with Gasteiger partial charge < -0.3 is 15.6 Å². The number of fused-ring (bicyclic) bond motifs is 1. The number of piperidine rings is 1. The van der Waals surface area contributed by atoms with Gasteiger partial charge in [0.05, 0.1) is 5.52 Å². The normalized spacial score (nSPS) is 16.9. The number of hydrogen-bond donors (Lipinski definition) is 3. The van der Waals surface area contributed by atoms with Gasteiger partial charge in [-0.1, -0.05) is 18.2 Å². The summed E-state index contributed by atoms with van der Waals surface area (Å²) >= 11 is 0. The zero-order valence-corrected chi connectivity index (χ0v) is 10.2. The molecule has 2 aromatic rings. The highest BCUT2D eigenvalue weighted by atomic mass is 16.1. The largest absolute Gasteiger partial charge is 0.382 e. The van der Waals surface area contributed by atoms with E-state index in [1.165, 1.54) is 0 Å². The molecule has 1 fully saturated rings. The van der Waals surface area contributed by atoms with Gasteiger partial charge in [-0.2, -0.15) is 0 Å². The van der Waals surface area contributed by atoms with Gasteiger partial charge >= 0.3 is 0 Å². The average molecular weight is 243 g/mol. The predicted octanol–water partition coefficient (Wildman–Crippen LogP) is 1.69. The summed E-state index contributed by atoms with van der Waals surface area (Å²) in [4.78, 5) is 14.5. The lowest BCUT2D eigenvalue weighted by atomic mass is 10.1. The van der Waals surface area contributed by atoms with Crippen molar-refractivity contribution in [3.05, 3.63) is 40.7 Å². The Hall–Kier alpha value is -1.81. The maximum atomic E-state index is 11.6. The molecule has 4 nitrogen and oxygen atoms in total. The quantitative estimate of drug-likeness (QED) is 0.752. The maximum absolute atomic E-state index is 11.6. The van der Waals surface area contributed by atoms with E-state index in [0.29, 0.717) is 6.04 Å². The summed E-state index contributed by atoms with van der Waals surface area (Å²) < 4.78 is 0. The molecule has 0 unspecified atom stereocenters. The van der Waals surface area contributed by atoms with Crippen LogP contribution in [0.3, 0.4) is 0 Å². The van der Waals surface area contributed by atoms with Crippen molar-refractivity contribution in [3.63, 3.8) is 0 Å². The first-order chi connectivity index (χ1) is 8.83. The second-order valence-electron chi connectivity index (χ2n) is 4.76. The molecule has 0 spiro atoms. The lowest BCUT2D eigenvalue weighted by Crippen LogP contribution is -2.35. The molecule has 3 N–H and O–H groups in total. The molecular weight excluding hydrogens is 226 g/mol. The Morgan fingerprint density at radius 2 is 1.94 bits per heavy atom. The van der Waals surface area contributed by atoms with Gasteiger partial charge in [0.2, 0.25) is 5.56 Å². The molecule has 4 heteroatoms. The van der Waals surface area contributed by atoms with Crippen LogP contribution in [0.5, 0.6) is 0 Å². The molecule has 1 aliphatic heterocycles. The third-order valence-corrected chi connectivity index (χ3v) is 3.45. The summed E-state index contributed by atoms with van der Waals surface area (Å²) in [6, 6.07) is 10.0. The standard InChI is InChI=1S/C14H17N3O/c18-14-9-13(16-10-5-7-15-8-6-10)11-3-1-2-4-12(11)17-14/h1-4,9-10,15H,5-8H2,(H2,16,17,18). The summed E-state index contributed by atoms with van der Waals surface area (Å²) in [6.45, 7) is 2.08. The number of pyridine rings is 1. The Labute approximate surface area is 105 Å². The van der Waals surface area contributed by atoms with Crippen LogP contribution in [0.1, 0.15) is 12.8 Å². The minimum absolute atomic E-state index is 0.0508. The number of hydrogen-bond acceptors (Lipinski definition) is 3. The second-order valence-corrected chi connectivity index (χ2v) is 4.76. The fourth-order valence-corrected chi connectivity index (χ4v) is 2.51. The first kappa shape index (κ1) is 11.3. The van der Waals surface area contributed by atoms with E-state index in [-0.39, 0.29) is 5.56 Å². The smallest absolute Gasteiger partial charge is 0.250 e. The highest BCUT2D eigenvalue weighted by Gasteiger charge is 2.13. The Morgan fingerprint density at radius 1 is 1.17 bits per heavy atom. The van der Waals surface area contributed by atoms with Crippen molar-refractivity contribution < 1.29 is 0 Å². The third kappa shape index (κ3) is 2.24. The van der Waals surface area contributed by atoms with Crippen molar-refractivity contribution >= 4 is 16.6 Å². The molecule has 1 aliphatic rings. The highest BCUT2D eigenvalue weighted by molar-refractivity contribution is 5.90. The summed E-state index contributed by atoms with van der Waals surface area (Å²) in [6.07, 6.45) is 2.20. The SMILES string of the molecule is O=c1cc(NC2CCNCC2)c2ccccc2[nH]1. The highest BCUT2D eigenvalue weighted by Crippen LogP contribution is 2.21. The minimum Gasteiger partial charge on any atom is -0.382 e. The fourth-order valence-electron chi connectivity index (χ4n) is 2.51. The van der Waals surface area contributed by atoms with Gasteiger partial charge in [0.25, 0.3) is 0 Å². The molecule has 0 aliphatic carbocycles. The van der Waals surface area contributed by atoms with Gasteiger partial charge in [-0.15, -0.1) is 0 Å². The van der Waals surface area contributed by atoms with Gasteiger partial charge in [0.1, 0.15) is 0 Å². The van der Waals surface area contributed by atoms with Crippen LogP contribution in [-0.4, -0.2) is 24.1 Å². The molecule has 2 heterocycles. The van der Waals surface area contributed by atoms with Crippen LogP contribution in [0.4, 0.5) is 5.69 Å².